The first-order valence-electron chi connectivity index (χ1n) is 6.03. The van der Waals surface area contributed by atoms with Gasteiger partial charge < -0.3 is 9.73 Å². The number of furan rings is 1. The highest BCUT2D eigenvalue weighted by Crippen LogP contribution is 2.33. The van der Waals surface area contributed by atoms with Crippen LogP contribution in [-0.4, -0.2) is 6.54 Å². The number of aryl methyl sites for hydroxylation is 2. The minimum Gasteiger partial charge on any atom is -0.458 e. The quantitative estimate of drug-likeness (QED) is 0.824. The summed E-state index contributed by atoms with van der Waals surface area (Å²) in [6.07, 6.45) is 1.12. The molecule has 0 radical (unpaired) electrons. The number of hydrogen-bond acceptors (Lipinski definition) is 2. The Morgan fingerprint density at radius 3 is 2.71 bits per heavy atom. The molecule has 0 amide bonds. The molecule has 0 saturated heterocycles. The molecule has 0 aliphatic carbocycles. The molecule has 2 aromatic rings. The maximum atomic E-state index is 6.16. The summed E-state index contributed by atoms with van der Waals surface area (Å²) < 4.78 is 5.86. The highest BCUT2D eigenvalue weighted by Gasteiger charge is 2.14. The van der Waals surface area contributed by atoms with Crippen LogP contribution in [0.25, 0.3) is 11.0 Å². The lowest BCUT2D eigenvalue weighted by molar-refractivity contribution is 0.510. The average Bonchev–Trinajstić information content (AvgIpc) is 2.64. The first-order valence-corrected chi connectivity index (χ1v) is 6.40. The number of hydrogen-bond donors (Lipinski definition) is 1. The van der Waals surface area contributed by atoms with Gasteiger partial charge in [-0.25, -0.2) is 0 Å². The number of benzene rings is 1. The third kappa shape index (κ3) is 2.33. The van der Waals surface area contributed by atoms with Crippen LogP contribution in [0.4, 0.5) is 0 Å². The zero-order valence-corrected chi connectivity index (χ0v) is 11.3. The number of fused-ring (bicyclic) bond motifs is 1. The van der Waals surface area contributed by atoms with E-state index in [2.05, 4.69) is 26.1 Å². The summed E-state index contributed by atoms with van der Waals surface area (Å²) in [7, 11) is 0. The molecule has 0 fully saturated rings. The van der Waals surface area contributed by atoms with Crippen molar-refractivity contribution in [2.45, 2.75) is 33.7 Å². The Labute approximate surface area is 107 Å². The topological polar surface area (TPSA) is 25.2 Å². The Balaban J connectivity index is 2.42. The van der Waals surface area contributed by atoms with Crippen LogP contribution in [-0.2, 0) is 6.54 Å². The van der Waals surface area contributed by atoms with Crippen molar-refractivity contribution in [2.24, 2.45) is 0 Å². The van der Waals surface area contributed by atoms with E-state index in [1.165, 1.54) is 11.1 Å². The second-order valence-corrected chi connectivity index (χ2v) is 4.80. The van der Waals surface area contributed by atoms with Crippen molar-refractivity contribution < 1.29 is 4.42 Å². The normalized spacial score (nSPS) is 11.3. The van der Waals surface area contributed by atoms with Crippen molar-refractivity contribution in [2.75, 3.05) is 6.54 Å². The fourth-order valence-electron chi connectivity index (χ4n) is 2.11. The fourth-order valence-corrected chi connectivity index (χ4v) is 2.30. The molecule has 1 heterocycles. The zero-order chi connectivity index (χ0) is 12.4. The Morgan fingerprint density at radius 2 is 2.06 bits per heavy atom. The van der Waals surface area contributed by atoms with Gasteiger partial charge in [0.05, 0.1) is 11.6 Å². The molecule has 0 aliphatic rings. The summed E-state index contributed by atoms with van der Waals surface area (Å²) in [4.78, 5) is 0. The molecule has 0 bridgehead atoms. The molecule has 2 rings (SSSR count). The highest BCUT2D eigenvalue weighted by atomic mass is 35.5. The van der Waals surface area contributed by atoms with Crippen LogP contribution in [0.5, 0.6) is 0 Å². The molecule has 0 atom stereocenters. The number of rotatable bonds is 4. The van der Waals surface area contributed by atoms with Crippen molar-refractivity contribution >= 4 is 22.6 Å². The molecule has 1 aromatic heterocycles. The van der Waals surface area contributed by atoms with Gasteiger partial charge in [0.25, 0.3) is 0 Å². The van der Waals surface area contributed by atoms with Crippen molar-refractivity contribution in [3.8, 4) is 0 Å². The van der Waals surface area contributed by atoms with Crippen molar-refractivity contribution in [1.29, 1.82) is 0 Å². The third-order valence-corrected chi connectivity index (χ3v) is 3.35. The fraction of sp³-hybridized carbons (Fsp3) is 0.429. The van der Waals surface area contributed by atoms with E-state index in [9.17, 15) is 0 Å². The minimum absolute atomic E-state index is 0.690. The summed E-state index contributed by atoms with van der Waals surface area (Å²) in [5, 5.41) is 5.20. The molecule has 17 heavy (non-hydrogen) atoms. The smallest absolute Gasteiger partial charge is 0.153 e. The predicted molar refractivity (Wildman–Crippen MR) is 72.7 cm³/mol. The van der Waals surface area contributed by atoms with Crippen LogP contribution in [0.1, 0.15) is 30.2 Å². The van der Waals surface area contributed by atoms with Crippen LogP contribution in [0.3, 0.4) is 0 Å². The van der Waals surface area contributed by atoms with E-state index in [0.717, 1.165) is 36.2 Å². The molecule has 1 aromatic carbocycles. The summed E-state index contributed by atoms with van der Waals surface area (Å²) in [5.74, 6) is 0.990. The van der Waals surface area contributed by atoms with E-state index in [-0.39, 0.29) is 0 Å². The van der Waals surface area contributed by atoms with Crippen LogP contribution < -0.4 is 5.32 Å². The maximum absolute atomic E-state index is 6.16. The van der Waals surface area contributed by atoms with Crippen molar-refractivity contribution in [1.82, 2.24) is 5.32 Å². The molecule has 0 aliphatic heterocycles. The van der Waals surface area contributed by atoms with Gasteiger partial charge >= 0.3 is 0 Å². The molecular formula is C14H18ClNO. The van der Waals surface area contributed by atoms with Gasteiger partial charge in [0.2, 0.25) is 0 Å². The van der Waals surface area contributed by atoms with Gasteiger partial charge in [-0.15, -0.1) is 0 Å². The molecule has 92 valence electrons. The minimum atomic E-state index is 0.690. The Hall–Kier alpha value is -0.990. The van der Waals surface area contributed by atoms with E-state index < -0.39 is 0 Å². The Morgan fingerprint density at radius 1 is 1.29 bits per heavy atom. The highest BCUT2D eigenvalue weighted by molar-refractivity contribution is 6.35. The van der Waals surface area contributed by atoms with Crippen LogP contribution in [0.15, 0.2) is 16.5 Å². The van der Waals surface area contributed by atoms with Crippen molar-refractivity contribution in [3.63, 3.8) is 0 Å². The zero-order valence-electron chi connectivity index (χ0n) is 10.6. The summed E-state index contributed by atoms with van der Waals surface area (Å²) >= 11 is 6.16. The maximum Gasteiger partial charge on any atom is 0.153 e. The predicted octanol–water partition coefficient (Wildman–Crippen LogP) is 4.20. The van der Waals surface area contributed by atoms with E-state index in [0.29, 0.717) is 5.02 Å². The molecular weight excluding hydrogens is 234 g/mol. The lowest BCUT2D eigenvalue weighted by Crippen LogP contribution is -2.13. The van der Waals surface area contributed by atoms with E-state index in [1.807, 2.05) is 12.1 Å². The van der Waals surface area contributed by atoms with E-state index in [4.69, 9.17) is 16.0 Å². The van der Waals surface area contributed by atoms with Gasteiger partial charge in [0, 0.05) is 10.9 Å². The summed E-state index contributed by atoms with van der Waals surface area (Å²) in [6, 6.07) is 3.93. The monoisotopic (exact) mass is 251 g/mol. The molecule has 0 unspecified atom stereocenters. The van der Waals surface area contributed by atoms with E-state index >= 15 is 0 Å². The second-order valence-electron chi connectivity index (χ2n) is 4.40. The van der Waals surface area contributed by atoms with Crippen LogP contribution in [0, 0.1) is 13.8 Å². The first-order chi connectivity index (χ1) is 8.15. The van der Waals surface area contributed by atoms with E-state index in [1.54, 1.807) is 0 Å². The lowest BCUT2D eigenvalue weighted by atomic mass is 10.1. The average molecular weight is 252 g/mol. The molecule has 0 spiro atoms. The molecule has 1 N–H and O–H groups in total. The Kier molecular flexibility index (Phi) is 3.75. The SMILES string of the molecule is CCCNCc1oc2c(Cl)ccc(C)c2c1C. The Bertz CT molecular complexity index is 530. The van der Waals surface area contributed by atoms with Crippen molar-refractivity contribution in [3.05, 3.63) is 34.0 Å². The van der Waals surface area contributed by atoms with Crippen LogP contribution in [0.2, 0.25) is 5.02 Å². The van der Waals surface area contributed by atoms with Crippen LogP contribution >= 0.6 is 11.6 Å². The summed E-state index contributed by atoms with van der Waals surface area (Å²) in [6.45, 7) is 8.11. The largest absolute Gasteiger partial charge is 0.458 e. The second kappa shape index (κ2) is 5.11. The van der Waals surface area contributed by atoms with Gasteiger partial charge in [0.15, 0.2) is 5.58 Å². The first kappa shape index (κ1) is 12.5. The number of halogens is 1. The van der Waals surface area contributed by atoms with Gasteiger partial charge in [-0.1, -0.05) is 24.6 Å². The number of nitrogens with one attached hydrogen (secondary N) is 1. The van der Waals surface area contributed by atoms with Gasteiger partial charge in [-0.3, -0.25) is 0 Å². The van der Waals surface area contributed by atoms with Gasteiger partial charge in [-0.2, -0.15) is 0 Å². The lowest BCUT2D eigenvalue weighted by Gasteiger charge is -2.00. The van der Waals surface area contributed by atoms with Gasteiger partial charge in [-0.05, 0) is 38.4 Å². The molecule has 3 heteroatoms. The molecule has 2 nitrogen and oxygen atoms in total. The standard InChI is InChI=1S/C14H18ClNO/c1-4-7-16-8-12-10(3)13-9(2)5-6-11(15)14(13)17-12/h5-6,16H,4,7-8H2,1-3H3. The third-order valence-electron chi connectivity index (χ3n) is 3.05. The van der Waals surface area contributed by atoms with Gasteiger partial charge in [0.1, 0.15) is 5.76 Å². The molecule has 0 saturated carbocycles. The summed E-state index contributed by atoms with van der Waals surface area (Å²) in [5.41, 5.74) is 3.23.